The summed E-state index contributed by atoms with van der Waals surface area (Å²) in [4.78, 5) is 12.7. The second-order valence-corrected chi connectivity index (χ2v) is 5.13. The van der Waals surface area contributed by atoms with Crippen molar-refractivity contribution in [2.24, 2.45) is 16.5 Å². The highest BCUT2D eigenvalue weighted by atomic mass is 35.5. The predicted molar refractivity (Wildman–Crippen MR) is 89.9 cm³/mol. The highest BCUT2D eigenvalue weighted by Gasteiger charge is 2.10. The summed E-state index contributed by atoms with van der Waals surface area (Å²) >= 11 is 6.08. The summed E-state index contributed by atoms with van der Waals surface area (Å²) in [5.74, 6) is 0.0956. The number of anilines is 1. The Morgan fingerprint density at radius 3 is 2.41 bits per heavy atom. The van der Waals surface area contributed by atoms with Crippen LogP contribution in [0.3, 0.4) is 0 Å². The molecule has 0 amide bonds. The van der Waals surface area contributed by atoms with Crippen LogP contribution in [0.1, 0.15) is 0 Å². The molecule has 6 nitrogen and oxygen atoms in total. The van der Waals surface area contributed by atoms with Gasteiger partial charge in [0.2, 0.25) is 0 Å². The first-order valence-corrected chi connectivity index (χ1v) is 6.83. The molecule has 2 aromatic carbocycles. The van der Waals surface area contributed by atoms with Gasteiger partial charge in [0.05, 0.1) is 11.2 Å². The quantitative estimate of drug-likeness (QED) is 0.382. The highest BCUT2D eigenvalue weighted by molar-refractivity contribution is 6.31. The zero-order valence-electron chi connectivity index (χ0n) is 11.5. The van der Waals surface area contributed by atoms with Crippen LogP contribution in [0.15, 0.2) is 47.5 Å². The van der Waals surface area contributed by atoms with Crippen molar-refractivity contribution < 1.29 is 0 Å². The first-order chi connectivity index (χ1) is 10.5. The molecule has 7 heteroatoms. The Hall–Kier alpha value is -2.86. The van der Waals surface area contributed by atoms with Gasteiger partial charge in [0.15, 0.2) is 5.96 Å². The maximum atomic E-state index is 6.08. The molecule has 3 aromatic rings. The molecule has 0 saturated carbocycles. The average Bonchev–Trinajstić information content (AvgIpc) is 2.47. The molecule has 0 atom stereocenters. The van der Waals surface area contributed by atoms with Crippen LogP contribution in [-0.4, -0.2) is 15.9 Å². The van der Waals surface area contributed by atoms with E-state index >= 15 is 0 Å². The van der Waals surface area contributed by atoms with E-state index in [1.54, 1.807) is 24.3 Å². The third kappa shape index (κ3) is 2.77. The Balaban J connectivity index is 2.31. The predicted octanol–water partition coefficient (Wildman–Crippen LogP) is 2.44. The Labute approximate surface area is 131 Å². The zero-order valence-corrected chi connectivity index (χ0v) is 12.2. The number of nitrogens with zero attached hydrogens (tertiary/aromatic N) is 3. The molecule has 1 aromatic heterocycles. The number of nitrogens with two attached hydrogens (primary N) is 3. The van der Waals surface area contributed by atoms with E-state index in [-0.39, 0.29) is 11.9 Å². The van der Waals surface area contributed by atoms with Crippen LogP contribution in [0, 0.1) is 0 Å². The molecule has 0 aliphatic rings. The highest BCUT2D eigenvalue weighted by Crippen LogP contribution is 2.30. The molecule has 0 bridgehead atoms. The molecule has 0 fully saturated rings. The molecule has 3 rings (SSSR count). The van der Waals surface area contributed by atoms with E-state index in [9.17, 15) is 0 Å². The SMILES string of the molecule is NC(N)=Nc1nc(-c2ccc(N)cc2)c2cc(Cl)ccc2n1. The third-order valence-corrected chi connectivity index (χ3v) is 3.29. The molecule has 0 radical (unpaired) electrons. The lowest BCUT2D eigenvalue weighted by Gasteiger charge is -2.08. The Morgan fingerprint density at radius 2 is 1.73 bits per heavy atom. The smallest absolute Gasteiger partial charge is 0.253 e. The van der Waals surface area contributed by atoms with Crippen molar-refractivity contribution in [3.63, 3.8) is 0 Å². The summed E-state index contributed by atoms with van der Waals surface area (Å²) in [5, 5.41) is 1.41. The van der Waals surface area contributed by atoms with Crippen molar-refractivity contribution in [3.05, 3.63) is 47.5 Å². The van der Waals surface area contributed by atoms with Gasteiger partial charge >= 0.3 is 0 Å². The summed E-state index contributed by atoms with van der Waals surface area (Å²) < 4.78 is 0. The molecule has 0 aliphatic heterocycles. The molecule has 0 unspecified atom stereocenters. The molecule has 0 saturated heterocycles. The number of nitrogen functional groups attached to an aromatic ring is 1. The number of rotatable bonds is 2. The van der Waals surface area contributed by atoms with E-state index in [0.29, 0.717) is 21.9 Å². The standard InChI is InChI=1S/C15H13ClN6/c16-9-3-6-12-11(7-9)13(8-1-4-10(17)5-2-8)21-15(20-12)22-14(18)19/h1-7H,17H2,(H4,18,19,20,21,22). The zero-order chi connectivity index (χ0) is 15.7. The molecule has 0 spiro atoms. The number of hydrogen-bond donors (Lipinski definition) is 3. The number of benzene rings is 2. The van der Waals surface area contributed by atoms with Crippen molar-refractivity contribution in [1.82, 2.24) is 9.97 Å². The van der Waals surface area contributed by atoms with Crippen molar-refractivity contribution >= 4 is 40.1 Å². The van der Waals surface area contributed by atoms with Crippen molar-refractivity contribution in [2.75, 3.05) is 5.73 Å². The summed E-state index contributed by atoms with van der Waals surface area (Å²) in [6.45, 7) is 0. The first-order valence-electron chi connectivity index (χ1n) is 6.46. The van der Waals surface area contributed by atoms with E-state index in [2.05, 4.69) is 15.0 Å². The number of hydrogen-bond acceptors (Lipinski definition) is 4. The number of aromatic nitrogens is 2. The van der Waals surface area contributed by atoms with Gasteiger partial charge in [-0.15, -0.1) is 0 Å². The molecule has 0 aliphatic carbocycles. The lowest BCUT2D eigenvalue weighted by molar-refractivity contribution is 1.17. The lowest BCUT2D eigenvalue weighted by atomic mass is 10.1. The van der Waals surface area contributed by atoms with Crippen LogP contribution < -0.4 is 17.2 Å². The van der Waals surface area contributed by atoms with E-state index in [1.807, 2.05) is 18.2 Å². The maximum absolute atomic E-state index is 6.08. The number of aliphatic imine (C=N–C) groups is 1. The van der Waals surface area contributed by atoms with Crippen LogP contribution in [-0.2, 0) is 0 Å². The topological polar surface area (TPSA) is 116 Å². The third-order valence-electron chi connectivity index (χ3n) is 3.06. The van der Waals surface area contributed by atoms with E-state index in [4.69, 9.17) is 28.8 Å². The van der Waals surface area contributed by atoms with Crippen LogP contribution in [0.25, 0.3) is 22.2 Å². The van der Waals surface area contributed by atoms with Gasteiger partial charge < -0.3 is 17.2 Å². The van der Waals surface area contributed by atoms with Crippen LogP contribution in [0.2, 0.25) is 5.02 Å². The van der Waals surface area contributed by atoms with Gasteiger partial charge in [0.25, 0.3) is 5.95 Å². The number of guanidine groups is 1. The Kier molecular flexibility index (Phi) is 3.52. The van der Waals surface area contributed by atoms with Gasteiger partial charge in [0, 0.05) is 21.7 Å². The van der Waals surface area contributed by atoms with Gasteiger partial charge in [-0.3, -0.25) is 0 Å². The van der Waals surface area contributed by atoms with Gasteiger partial charge in [-0.1, -0.05) is 23.7 Å². The second kappa shape index (κ2) is 5.50. The van der Waals surface area contributed by atoms with Gasteiger partial charge in [-0.05, 0) is 30.3 Å². The molecular weight excluding hydrogens is 300 g/mol. The summed E-state index contributed by atoms with van der Waals surface area (Å²) in [6.07, 6.45) is 0. The van der Waals surface area contributed by atoms with Crippen LogP contribution in [0.4, 0.5) is 11.6 Å². The fraction of sp³-hybridized carbons (Fsp3) is 0. The van der Waals surface area contributed by atoms with Crippen molar-refractivity contribution in [2.45, 2.75) is 0 Å². The largest absolute Gasteiger partial charge is 0.399 e. The first kappa shape index (κ1) is 14.1. The maximum Gasteiger partial charge on any atom is 0.253 e. The minimum atomic E-state index is -0.100. The Morgan fingerprint density at radius 1 is 1.00 bits per heavy atom. The molecular formula is C15H13ClN6. The summed E-state index contributed by atoms with van der Waals surface area (Å²) in [6, 6.07) is 12.7. The van der Waals surface area contributed by atoms with E-state index < -0.39 is 0 Å². The number of fused-ring (bicyclic) bond motifs is 1. The van der Waals surface area contributed by atoms with Gasteiger partial charge in [0.1, 0.15) is 0 Å². The van der Waals surface area contributed by atoms with Gasteiger partial charge in [-0.2, -0.15) is 4.99 Å². The minimum Gasteiger partial charge on any atom is -0.399 e. The van der Waals surface area contributed by atoms with Crippen LogP contribution >= 0.6 is 11.6 Å². The van der Waals surface area contributed by atoms with E-state index in [1.165, 1.54) is 0 Å². The van der Waals surface area contributed by atoms with Crippen LogP contribution in [0.5, 0.6) is 0 Å². The molecule has 22 heavy (non-hydrogen) atoms. The molecule has 6 N–H and O–H groups in total. The van der Waals surface area contributed by atoms with E-state index in [0.717, 1.165) is 10.9 Å². The van der Waals surface area contributed by atoms with Crippen molar-refractivity contribution in [3.8, 4) is 11.3 Å². The molecule has 110 valence electrons. The second-order valence-electron chi connectivity index (χ2n) is 4.69. The number of halogens is 1. The fourth-order valence-electron chi connectivity index (χ4n) is 2.11. The molecule has 1 heterocycles. The summed E-state index contributed by atoms with van der Waals surface area (Å²) in [7, 11) is 0. The Bertz CT molecular complexity index is 869. The van der Waals surface area contributed by atoms with Crippen molar-refractivity contribution in [1.29, 1.82) is 0 Å². The normalized spacial score (nSPS) is 10.6. The summed E-state index contributed by atoms with van der Waals surface area (Å²) in [5.41, 5.74) is 19.5. The minimum absolute atomic E-state index is 0.100. The monoisotopic (exact) mass is 312 g/mol. The average molecular weight is 313 g/mol. The fourth-order valence-corrected chi connectivity index (χ4v) is 2.29. The lowest BCUT2D eigenvalue weighted by Crippen LogP contribution is -2.22. The van der Waals surface area contributed by atoms with Gasteiger partial charge in [-0.25, -0.2) is 9.97 Å².